The Bertz CT molecular complexity index is 702. The van der Waals surface area contributed by atoms with E-state index < -0.39 is 10.1 Å². The van der Waals surface area contributed by atoms with E-state index in [4.69, 9.17) is 10.6 Å². The number of anilines is 2. The summed E-state index contributed by atoms with van der Waals surface area (Å²) >= 11 is 0. The van der Waals surface area contributed by atoms with Gasteiger partial charge in [-0.3, -0.25) is 4.55 Å². The monoisotopic (exact) mass is 294 g/mol. The van der Waals surface area contributed by atoms with Crippen LogP contribution in [-0.2, 0) is 10.1 Å². The summed E-state index contributed by atoms with van der Waals surface area (Å²) in [5.74, 6) is -0.110. The Hall–Kier alpha value is -2.25. The zero-order valence-electron chi connectivity index (χ0n) is 10.7. The van der Waals surface area contributed by atoms with Crippen molar-refractivity contribution in [3.63, 3.8) is 0 Å². The fourth-order valence-corrected chi connectivity index (χ4v) is 2.30. The molecule has 2 aromatic rings. The summed E-state index contributed by atoms with van der Waals surface area (Å²) in [6, 6.07) is 13.2. The lowest BCUT2D eigenvalue weighted by Gasteiger charge is -2.21. The molecule has 0 amide bonds. The third-order valence-electron chi connectivity index (χ3n) is 2.64. The summed E-state index contributed by atoms with van der Waals surface area (Å²) in [4.78, 5) is 5.08. The number of nitrogens with two attached hydrogens (primary N) is 1. The van der Waals surface area contributed by atoms with Crippen LogP contribution in [0.5, 0.6) is 5.75 Å². The average molecular weight is 294 g/mol. The van der Waals surface area contributed by atoms with Gasteiger partial charge >= 0.3 is 0 Å². The highest BCUT2D eigenvalue weighted by molar-refractivity contribution is 7.86. The van der Waals surface area contributed by atoms with E-state index in [1.165, 1.54) is 23.3 Å². The zero-order chi connectivity index (χ0) is 14.8. The number of nitrogens with zero attached hydrogens (tertiary/aromatic N) is 1. The van der Waals surface area contributed by atoms with E-state index in [1.807, 2.05) is 18.2 Å². The second-order valence-corrected chi connectivity index (χ2v) is 5.46. The zero-order valence-corrected chi connectivity index (χ0v) is 11.5. The van der Waals surface area contributed by atoms with E-state index in [0.29, 0.717) is 5.69 Å². The third kappa shape index (κ3) is 3.01. The highest BCUT2D eigenvalue weighted by Crippen LogP contribution is 2.31. The fourth-order valence-electron chi connectivity index (χ4n) is 1.66. The molecule has 0 bridgehead atoms. The molecule has 0 fully saturated rings. The average Bonchev–Trinajstić information content (AvgIpc) is 2.40. The smallest absolute Gasteiger partial charge is 0.298 e. The molecule has 2 aromatic carbocycles. The molecule has 0 aromatic heterocycles. The Morgan fingerprint density at radius 1 is 1.10 bits per heavy atom. The maximum Gasteiger partial charge on any atom is 0.298 e. The van der Waals surface area contributed by atoms with E-state index in [2.05, 4.69) is 0 Å². The molecule has 2 rings (SSSR count). The molecule has 0 aliphatic heterocycles. The van der Waals surface area contributed by atoms with Crippen molar-refractivity contribution in [3.8, 4) is 5.75 Å². The predicted molar refractivity (Wildman–Crippen MR) is 76.1 cm³/mol. The van der Waals surface area contributed by atoms with Crippen LogP contribution in [0.25, 0.3) is 0 Å². The van der Waals surface area contributed by atoms with Gasteiger partial charge < -0.3 is 10.6 Å². The van der Waals surface area contributed by atoms with Gasteiger partial charge in [-0.2, -0.15) is 8.42 Å². The lowest BCUT2D eigenvalue weighted by Crippen LogP contribution is -2.23. The molecule has 7 heteroatoms. The molecule has 106 valence electrons. The molecular formula is C13H14N2O4S. The maximum absolute atomic E-state index is 11.3. The van der Waals surface area contributed by atoms with Crippen LogP contribution in [0, 0.1) is 0 Å². The second-order valence-electron chi connectivity index (χ2n) is 4.07. The maximum atomic E-state index is 11.3. The number of hydrogen-bond acceptors (Lipinski definition) is 5. The largest absolute Gasteiger partial charge is 0.396 e. The molecule has 0 spiro atoms. The Morgan fingerprint density at radius 3 is 2.35 bits per heavy atom. The molecule has 0 aliphatic carbocycles. The van der Waals surface area contributed by atoms with E-state index in [0.717, 1.165) is 0 Å². The Kier molecular flexibility index (Phi) is 3.82. The predicted octanol–water partition coefficient (Wildman–Crippen LogP) is 1.95. The van der Waals surface area contributed by atoms with E-state index in [9.17, 15) is 13.0 Å². The molecule has 0 heterocycles. The molecule has 0 radical (unpaired) electrons. The molecule has 0 unspecified atom stereocenters. The standard InChI is InChI=1S/C13H14N2O4S/c1-15(10-6-3-2-4-7-10)19-13-11(14)8-5-9-12(13)20(16,17)18/h2-9H,14H2,1H3,(H,16,17,18). The summed E-state index contributed by atoms with van der Waals surface area (Å²) < 4.78 is 31.8. The van der Waals surface area contributed by atoms with Crippen LogP contribution in [-0.4, -0.2) is 20.0 Å². The summed E-state index contributed by atoms with van der Waals surface area (Å²) in [6.07, 6.45) is 0. The summed E-state index contributed by atoms with van der Waals surface area (Å²) in [5, 5.41) is 1.36. The third-order valence-corrected chi connectivity index (χ3v) is 3.51. The molecule has 3 N–H and O–H groups in total. The van der Waals surface area contributed by atoms with Gasteiger partial charge in [-0.05, 0) is 24.3 Å². The van der Waals surface area contributed by atoms with Gasteiger partial charge in [-0.25, -0.2) is 5.06 Å². The molecule has 0 saturated carbocycles. The summed E-state index contributed by atoms with van der Waals surface area (Å²) in [6.45, 7) is 0. The van der Waals surface area contributed by atoms with Gasteiger partial charge in [0.15, 0.2) is 5.75 Å². The number of para-hydroxylation sites is 2. The Labute approximate surface area is 117 Å². The molecule has 0 atom stereocenters. The summed E-state index contributed by atoms with van der Waals surface area (Å²) in [5.41, 5.74) is 6.54. The highest BCUT2D eigenvalue weighted by Gasteiger charge is 2.20. The number of hydrogen-bond donors (Lipinski definition) is 2. The van der Waals surface area contributed by atoms with Gasteiger partial charge in [-0.15, -0.1) is 0 Å². The van der Waals surface area contributed by atoms with Gasteiger partial charge in [0.1, 0.15) is 4.90 Å². The van der Waals surface area contributed by atoms with Crippen LogP contribution in [0.4, 0.5) is 11.4 Å². The van der Waals surface area contributed by atoms with Gasteiger partial charge in [-0.1, -0.05) is 24.3 Å². The number of nitrogen functional groups attached to an aromatic ring is 1. The van der Waals surface area contributed by atoms with Crippen molar-refractivity contribution < 1.29 is 17.8 Å². The number of rotatable bonds is 4. The van der Waals surface area contributed by atoms with Crippen molar-refractivity contribution in [2.75, 3.05) is 17.8 Å². The van der Waals surface area contributed by atoms with Crippen molar-refractivity contribution in [3.05, 3.63) is 48.5 Å². The number of benzene rings is 2. The molecule has 0 saturated heterocycles. The number of hydroxylamine groups is 1. The van der Waals surface area contributed by atoms with Crippen molar-refractivity contribution in [2.45, 2.75) is 4.90 Å². The minimum absolute atomic E-state index is 0.110. The van der Waals surface area contributed by atoms with Crippen molar-refractivity contribution in [2.24, 2.45) is 0 Å². The van der Waals surface area contributed by atoms with Crippen LogP contribution >= 0.6 is 0 Å². The van der Waals surface area contributed by atoms with Gasteiger partial charge in [0.25, 0.3) is 10.1 Å². The fraction of sp³-hybridized carbons (Fsp3) is 0.0769. The lowest BCUT2D eigenvalue weighted by atomic mass is 10.3. The van der Waals surface area contributed by atoms with Crippen molar-refractivity contribution in [1.82, 2.24) is 0 Å². The lowest BCUT2D eigenvalue weighted by molar-refractivity contribution is 0.296. The topological polar surface area (TPSA) is 92.9 Å². The van der Waals surface area contributed by atoms with E-state index >= 15 is 0 Å². The van der Waals surface area contributed by atoms with Crippen molar-refractivity contribution in [1.29, 1.82) is 0 Å². The quantitative estimate of drug-likeness (QED) is 0.508. The summed E-state index contributed by atoms with van der Waals surface area (Å²) in [7, 11) is -2.81. The first-order valence-corrected chi connectivity index (χ1v) is 7.16. The van der Waals surface area contributed by atoms with Crippen LogP contribution in [0.3, 0.4) is 0 Å². The molecule has 0 aliphatic rings. The Morgan fingerprint density at radius 2 is 1.75 bits per heavy atom. The molecule has 6 nitrogen and oxygen atoms in total. The second kappa shape index (κ2) is 5.40. The highest BCUT2D eigenvalue weighted by atomic mass is 32.2. The van der Waals surface area contributed by atoms with Crippen LogP contribution in [0.15, 0.2) is 53.4 Å². The molecule has 20 heavy (non-hydrogen) atoms. The van der Waals surface area contributed by atoms with Gasteiger partial charge in [0, 0.05) is 7.05 Å². The normalized spacial score (nSPS) is 11.1. The van der Waals surface area contributed by atoms with Gasteiger partial charge in [0.05, 0.1) is 11.4 Å². The van der Waals surface area contributed by atoms with Gasteiger partial charge in [0.2, 0.25) is 0 Å². The van der Waals surface area contributed by atoms with E-state index in [1.54, 1.807) is 19.2 Å². The first kappa shape index (κ1) is 14.2. The van der Waals surface area contributed by atoms with Crippen LogP contribution in [0.1, 0.15) is 0 Å². The van der Waals surface area contributed by atoms with Crippen LogP contribution < -0.4 is 15.6 Å². The minimum Gasteiger partial charge on any atom is -0.396 e. The van der Waals surface area contributed by atoms with E-state index in [-0.39, 0.29) is 16.3 Å². The Balaban J connectivity index is 2.39. The first-order chi connectivity index (χ1) is 9.39. The minimum atomic E-state index is -4.42. The first-order valence-electron chi connectivity index (χ1n) is 5.72. The van der Waals surface area contributed by atoms with Crippen LogP contribution in [0.2, 0.25) is 0 Å². The van der Waals surface area contributed by atoms with Crippen molar-refractivity contribution >= 4 is 21.5 Å². The SMILES string of the molecule is CN(Oc1c(N)cccc1S(=O)(=O)O)c1ccccc1. The molecular weight excluding hydrogens is 280 g/mol.